The molecule has 2 saturated heterocycles. The molecule has 0 bridgehead atoms. The number of ether oxygens (including phenoxy) is 1. The molecule has 6 nitrogen and oxygen atoms in total. The molecule has 2 atom stereocenters. The molecule has 1 aromatic rings. The van der Waals surface area contributed by atoms with Crippen molar-refractivity contribution < 1.29 is 14.6 Å². The van der Waals surface area contributed by atoms with Gasteiger partial charge >= 0.3 is 0 Å². The van der Waals surface area contributed by atoms with Crippen molar-refractivity contribution in [2.75, 3.05) is 52.5 Å². The zero-order chi connectivity index (χ0) is 18.0. The Balaban J connectivity index is 1.64. The van der Waals surface area contributed by atoms with Crippen molar-refractivity contribution in [2.45, 2.75) is 26.3 Å². The number of morpholine rings is 1. The maximum absolute atomic E-state index is 12.9. The summed E-state index contributed by atoms with van der Waals surface area (Å²) in [6, 6.07) is 1.90. The Hall–Kier alpha value is -1.37. The number of hydrogen-bond donors (Lipinski definition) is 1. The molecule has 3 heterocycles. The summed E-state index contributed by atoms with van der Waals surface area (Å²) in [5.74, 6) is 0.569. The van der Waals surface area contributed by atoms with Gasteiger partial charge in [0.05, 0.1) is 18.8 Å². The number of rotatable bonds is 4. The maximum Gasteiger partial charge on any atom is 0.255 e. The van der Waals surface area contributed by atoms with E-state index >= 15 is 0 Å². The quantitative estimate of drug-likeness (QED) is 0.889. The smallest absolute Gasteiger partial charge is 0.255 e. The van der Waals surface area contributed by atoms with Gasteiger partial charge in [-0.05, 0) is 32.8 Å². The average molecular weight is 349 g/mol. The van der Waals surface area contributed by atoms with Gasteiger partial charge in [0.2, 0.25) is 0 Å². The topological polar surface area (TPSA) is 57.9 Å². The number of carbonyl (C=O) groups is 1. The summed E-state index contributed by atoms with van der Waals surface area (Å²) >= 11 is 0. The van der Waals surface area contributed by atoms with Crippen LogP contribution in [0.3, 0.4) is 0 Å². The predicted molar refractivity (Wildman–Crippen MR) is 96.7 cm³/mol. The Morgan fingerprint density at radius 1 is 1.24 bits per heavy atom. The second-order valence-corrected chi connectivity index (χ2v) is 8.30. The Morgan fingerprint density at radius 2 is 1.92 bits per heavy atom. The van der Waals surface area contributed by atoms with Gasteiger partial charge in [-0.15, -0.1) is 0 Å². The zero-order valence-electron chi connectivity index (χ0n) is 15.6. The molecule has 0 radical (unpaired) electrons. The van der Waals surface area contributed by atoms with Gasteiger partial charge in [-0.3, -0.25) is 9.69 Å². The van der Waals surface area contributed by atoms with E-state index in [2.05, 4.69) is 30.2 Å². The van der Waals surface area contributed by atoms with Gasteiger partial charge in [0, 0.05) is 63.2 Å². The molecular formula is C19H31N3O3. The Bertz CT molecular complexity index is 587. The van der Waals surface area contributed by atoms with E-state index in [4.69, 9.17) is 4.74 Å². The number of carbonyl (C=O) groups excluding carboxylic acids is 1. The van der Waals surface area contributed by atoms with Crippen molar-refractivity contribution in [3.8, 4) is 0 Å². The van der Waals surface area contributed by atoms with Crippen LogP contribution in [0, 0.1) is 11.8 Å². The fourth-order valence-electron chi connectivity index (χ4n) is 3.76. The second kappa shape index (κ2) is 7.48. The van der Waals surface area contributed by atoms with Gasteiger partial charge < -0.3 is 19.3 Å². The highest BCUT2D eigenvalue weighted by atomic mass is 16.5. The molecule has 1 N–H and O–H groups in total. The third kappa shape index (κ3) is 4.25. The monoisotopic (exact) mass is 349 g/mol. The molecule has 140 valence electrons. The minimum atomic E-state index is -0.0317. The van der Waals surface area contributed by atoms with Crippen molar-refractivity contribution in [2.24, 2.45) is 11.8 Å². The molecule has 25 heavy (non-hydrogen) atoms. The van der Waals surface area contributed by atoms with E-state index in [0.717, 1.165) is 45.0 Å². The van der Waals surface area contributed by atoms with Crippen LogP contribution >= 0.6 is 0 Å². The normalized spacial score (nSPS) is 25.5. The number of aliphatic hydroxyl groups excluding tert-OH is 1. The molecule has 2 aliphatic rings. The molecule has 0 spiro atoms. The van der Waals surface area contributed by atoms with Crippen LogP contribution in [0.2, 0.25) is 0 Å². The number of nitrogens with zero attached hydrogens (tertiary/aromatic N) is 3. The second-order valence-electron chi connectivity index (χ2n) is 8.30. The van der Waals surface area contributed by atoms with Crippen LogP contribution in [0.15, 0.2) is 18.5 Å². The Labute approximate surface area is 150 Å². The highest BCUT2D eigenvalue weighted by molar-refractivity contribution is 5.94. The van der Waals surface area contributed by atoms with Crippen molar-refractivity contribution in [1.82, 2.24) is 14.4 Å². The highest BCUT2D eigenvalue weighted by Crippen LogP contribution is 2.26. The van der Waals surface area contributed by atoms with E-state index in [9.17, 15) is 9.90 Å². The molecule has 3 rings (SSSR count). The Kier molecular flexibility index (Phi) is 5.51. The standard InChI is InChI=1S/C19H31N3O3/c1-19(2,3)22-5-4-15(13-22)18(24)21-11-16(17(12-21)14-23)10-20-6-8-25-9-7-20/h4-5,13,16-17,23H,6-12,14H2,1-3H3/t16-,17-/m1/s1. The lowest BCUT2D eigenvalue weighted by atomic mass is 9.96. The molecule has 1 aromatic heterocycles. The minimum absolute atomic E-state index is 0.0317. The third-order valence-corrected chi connectivity index (χ3v) is 5.41. The molecule has 2 fully saturated rings. The molecule has 0 unspecified atom stereocenters. The number of hydrogen-bond acceptors (Lipinski definition) is 4. The predicted octanol–water partition coefficient (Wildman–Crippen LogP) is 1.26. The summed E-state index contributed by atoms with van der Waals surface area (Å²) in [5.41, 5.74) is 0.703. The van der Waals surface area contributed by atoms with E-state index in [-0.39, 0.29) is 24.0 Å². The molecule has 0 saturated carbocycles. The van der Waals surface area contributed by atoms with Crippen LogP contribution in [0.25, 0.3) is 0 Å². The van der Waals surface area contributed by atoms with E-state index in [1.165, 1.54) is 0 Å². The first-order valence-corrected chi connectivity index (χ1v) is 9.27. The van der Waals surface area contributed by atoms with Crippen LogP contribution in [0.1, 0.15) is 31.1 Å². The first-order chi connectivity index (χ1) is 11.9. The lowest BCUT2D eigenvalue weighted by Crippen LogP contribution is -2.41. The number of amides is 1. The van der Waals surface area contributed by atoms with Gasteiger partial charge in [0.1, 0.15) is 0 Å². The van der Waals surface area contributed by atoms with Crippen molar-refractivity contribution >= 4 is 5.91 Å². The molecular weight excluding hydrogens is 318 g/mol. The summed E-state index contributed by atoms with van der Waals surface area (Å²) in [6.45, 7) is 12.2. The van der Waals surface area contributed by atoms with Gasteiger partial charge in [-0.25, -0.2) is 0 Å². The van der Waals surface area contributed by atoms with Crippen molar-refractivity contribution in [3.05, 3.63) is 24.0 Å². The zero-order valence-corrected chi connectivity index (χ0v) is 15.6. The molecule has 6 heteroatoms. The SMILES string of the molecule is CC(C)(C)n1ccc(C(=O)N2C[C@@H](CN3CCOCC3)[C@@H](CO)C2)c1. The van der Waals surface area contributed by atoms with E-state index < -0.39 is 0 Å². The largest absolute Gasteiger partial charge is 0.396 e. The van der Waals surface area contributed by atoms with E-state index in [1.54, 1.807) is 0 Å². The van der Waals surface area contributed by atoms with Gasteiger partial charge in [-0.2, -0.15) is 0 Å². The first kappa shape index (κ1) is 18.4. The summed E-state index contributed by atoms with van der Waals surface area (Å²) in [5, 5.41) is 9.76. The van der Waals surface area contributed by atoms with Gasteiger partial charge in [-0.1, -0.05) is 0 Å². The highest BCUT2D eigenvalue weighted by Gasteiger charge is 2.36. The lowest BCUT2D eigenvalue weighted by molar-refractivity contribution is 0.0264. The molecule has 0 aliphatic carbocycles. The summed E-state index contributed by atoms with van der Waals surface area (Å²) in [4.78, 5) is 17.2. The fraction of sp³-hybridized carbons (Fsp3) is 0.737. The summed E-state index contributed by atoms with van der Waals surface area (Å²) in [6.07, 6.45) is 3.91. The van der Waals surface area contributed by atoms with Crippen LogP contribution in [0.5, 0.6) is 0 Å². The average Bonchev–Trinajstić information content (AvgIpc) is 3.22. The van der Waals surface area contributed by atoms with E-state index in [0.29, 0.717) is 12.5 Å². The van der Waals surface area contributed by atoms with Crippen LogP contribution in [-0.4, -0.2) is 77.9 Å². The summed E-state index contributed by atoms with van der Waals surface area (Å²) in [7, 11) is 0. The van der Waals surface area contributed by atoms with E-state index in [1.807, 2.05) is 23.4 Å². The summed E-state index contributed by atoms with van der Waals surface area (Å²) < 4.78 is 7.48. The van der Waals surface area contributed by atoms with Crippen LogP contribution < -0.4 is 0 Å². The third-order valence-electron chi connectivity index (χ3n) is 5.41. The molecule has 0 aromatic carbocycles. The van der Waals surface area contributed by atoms with Gasteiger partial charge in [0.25, 0.3) is 5.91 Å². The van der Waals surface area contributed by atoms with Gasteiger partial charge in [0.15, 0.2) is 0 Å². The van der Waals surface area contributed by atoms with Crippen LogP contribution in [-0.2, 0) is 10.3 Å². The molecule has 2 aliphatic heterocycles. The van der Waals surface area contributed by atoms with Crippen molar-refractivity contribution in [1.29, 1.82) is 0 Å². The number of aromatic nitrogens is 1. The molecule has 1 amide bonds. The first-order valence-electron chi connectivity index (χ1n) is 9.27. The minimum Gasteiger partial charge on any atom is -0.396 e. The number of likely N-dealkylation sites (tertiary alicyclic amines) is 1. The fourth-order valence-corrected chi connectivity index (χ4v) is 3.76. The van der Waals surface area contributed by atoms with Crippen molar-refractivity contribution in [3.63, 3.8) is 0 Å². The lowest BCUT2D eigenvalue weighted by Gasteiger charge is -2.30. The maximum atomic E-state index is 12.9. The number of aliphatic hydroxyl groups is 1. The van der Waals surface area contributed by atoms with Crippen LogP contribution in [0.4, 0.5) is 0 Å². The Morgan fingerprint density at radius 3 is 2.52 bits per heavy atom.